The summed E-state index contributed by atoms with van der Waals surface area (Å²) in [6, 6.07) is 11.1. The minimum Gasteiger partial charge on any atom is -0.338 e. The molecule has 0 aliphatic carbocycles. The van der Waals surface area contributed by atoms with Gasteiger partial charge in [0.15, 0.2) is 0 Å². The molecule has 15 heteroatoms. The number of hydrogen-bond acceptors (Lipinski definition) is 9. The summed E-state index contributed by atoms with van der Waals surface area (Å²) in [6.07, 6.45) is 0. The van der Waals surface area contributed by atoms with E-state index in [1.165, 1.54) is 18.2 Å². The lowest BCUT2D eigenvalue weighted by atomic mass is 10.2. The number of halogens is 3. The Balaban J connectivity index is 1.41. The Morgan fingerprint density at radius 1 is 1.06 bits per heavy atom. The molecule has 0 bridgehead atoms. The summed E-state index contributed by atoms with van der Waals surface area (Å²) in [7, 11) is -4.06. The molecule has 0 spiro atoms. The summed E-state index contributed by atoms with van der Waals surface area (Å²) < 4.78 is 32.1. The van der Waals surface area contributed by atoms with Gasteiger partial charge in [0.2, 0.25) is 21.2 Å². The van der Waals surface area contributed by atoms with Crippen LogP contribution >= 0.6 is 46.1 Å². The van der Waals surface area contributed by atoms with E-state index in [9.17, 15) is 13.2 Å². The average molecular weight is 546 g/mol. The molecule has 170 valence electrons. The van der Waals surface area contributed by atoms with Crippen molar-refractivity contribution in [3.05, 3.63) is 69.0 Å². The Morgan fingerprint density at radius 2 is 1.85 bits per heavy atom. The van der Waals surface area contributed by atoms with Crippen molar-refractivity contribution in [1.29, 1.82) is 0 Å². The number of nitrogens with one attached hydrogen (secondary N) is 2. The summed E-state index contributed by atoms with van der Waals surface area (Å²) in [5, 5.41) is 14.5. The summed E-state index contributed by atoms with van der Waals surface area (Å²) >= 11 is 18.4. The van der Waals surface area contributed by atoms with Gasteiger partial charge in [-0.25, -0.2) is 8.42 Å². The van der Waals surface area contributed by atoms with Gasteiger partial charge in [0.25, 0.3) is 15.9 Å². The smallest absolute Gasteiger partial charge is 0.270 e. The molecule has 0 saturated carbocycles. The fourth-order valence-corrected chi connectivity index (χ4v) is 5.09. The number of nitrogens with zero attached hydrogens (tertiary/aromatic N) is 4. The molecule has 0 unspecified atom stereocenters. The van der Waals surface area contributed by atoms with Crippen LogP contribution in [0, 0.1) is 0 Å². The Bertz CT molecular complexity index is 1440. The van der Waals surface area contributed by atoms with E-state index in [0.717, 1.165) is 0 Å². The highest BCUT2D eigenvalue weighted by atomic mass is 35.5. The summed E-state index contributed by atoms with van der Waals surface area (Å²) in [5.41, 5.74) is 0.761. The van der Waals surface area contributed by atoms with Gasteiger partial charge in [-0.2, -0.15) is 9.71 Å². The van der Waals surface area contributed by atoms with E-state index in [1.54, 1.807) is 24.3 Å². The molecule has 0 aliphatic rings. The van der Waals surface area contributed by atoms with Crippen molar-refractivity contribution < 1.29 is 17.7 Å². The van der Waals surface area contributed by atoms with Crippen molar-refractivity contribution in [2.45, 2.75) is 10.9 Å². The first kappa shape index (κ1) is 23.5. The molecule has 2 N–H and O–H groups in total. The monoisotopic (exact) mass is 544 g/mol. The second-order valence-corrected chi connectivity index (χ2v) is 10.5. The van der Waals surface area contributed by atoms with E-state index < -0.39 is 15.9 Å². The predicted molar refractivity (Wildman–Crippen MR) is 123 cm³/mol. The van der Waals surface area contributed by atoms with Gasteiger partial charge in [0.1, 0.15) is 0 Å². The zero-order valence-electron chi connectivity index (χ0n) is 16.1. The topological polar surface area (TPSA) is 140 Å². The van der Waals surface area contributed by atoms with Gasteiger partial charge in [-0.1, -0.05) is 63.4 Å². The molecule has 2 aromatic heterocycles. The second kappa shape index (κ2) is 9.71. The van der Waals surface area contributed by atoms with Crippen LogP contribution in [-0.4, -0.2) is 34.7 Å². The number of carbonyl (C=O) groups is 1. The highest BCUT2D eigenvalue weighted by Gasteiger charge is 2.23. The van der Waals surface area contributed by atoms with Crippen LogP contribution in [0.25, 0.3) is 11.4 Å². The lowest BCUT2D eigenvalue weighted by molar-refractivity contribution is 0.102. The molecule has 0 saturated heterocycles. The number of sulfonamides is 1. The van der Waals surface area contributed by atoms with Gasteiger partial charge < -0.3 is 4.52 Å². The van der Waals surface area contributed by atoms with Crippen LogP contribution in [0.4, 0.5) is 5.13 Å². The fraction of sp³-hybridized carbons (Fsp3) is 0.0556. The van der Waals surface area contributed by atoms with Crippen LogP contribution in [0.15, 0.2) is 51.3 Å². The van der Waals surface area contributed by atoms with E-state index in [2.05, 4.69) is 30.4 Å². The second-order valence-electron chi connectivity index (χ2n) is 6.30. The van der Waals surface area contributed by atoms with Crippen LogP contribution < -0.4 is 10.0 Å². The third kappa shape index (κ3) is 5.66. The van der Waals surface area contributed by atoms with Crippen LogP contribution in [0.1, 0.15) is 16.2 Å². The molecule has 33 heavy (non-hydrogen) atoms. The Kier molecular flexibility index (Phi) is 6.93. The molecule has 4 aromatic rings. The molecule has 1 amide bonds. The third-order valence-electron chi connectivity index (χ3n) is 4.00. The largest absolute Gasteiger partial charge is 0.338 e. The Labute approximate surface area is 205 Å². The van der Waals surface area contributed by atoms with Gasteiger partial charge in [0, 0.05) is 15.6 Å². The lowest BCUT2D eigenvalue weighted by Gasteiger charge is -2.03. The number of benzene rings is 2. The summed E-state index contributed by atoms with van der Waals surface area (Å²) in [5.74, 6) is -0.304. The molecule has 10 nitrogen and oxygen atoms in total. The molecule has 2 aromatic carbocycles. The van der Waals surface area contributed by atoms with Crippen molar-refractivity contribution in [3.8, 4) is 11.4 Å². The standard InChI is InChI=1S/C18H11Cl3N6O4S2/c19-10-3-1-2-9(6-10)15-23-14(31-27-15)8-22-33(29,30)18-26-25-17(32-18)24-16(28)12-5-4-11(20)7-13(12)21/h1-7,22H,8H2,(H,24,25,28). The zero-order valence-corrected chi connectivity index (χ0v) is 20.0. The third-order valence-corrected chi connectivity index (χ3v) is 7.39. The van der Waals surface area contributed by atoms with Crippen LogP contribution in [0.5, 0.6) is 0 Å². The minimum absolute atomic E-state index is 0.0315. The number of amides is 1. The van der Waals surface area contributed by atoms with Crippen molar-refractivity contribution in [2.75, 3.05) is 5.32 Å². The first-order valence-electron chi connectivity index (χ1n) is 8.89. The lowest BCUT2D eigenvalue weighted by Crippen LogP contribution is -2.23. The van der Waals surface area contributed by atoms with Crippen molar-refractivity contribution >= 4 is 67.2 Å². The van der Waals surface area contributed by atoms with Crippen molar-refractivity contribution in [3.63, 3.8) is 0 Å². The highest BCUT2D eigenvalue weighted by Crippen LogP contribution is 2.25. The molecule has 0 radical (unpaired) electrons. The van der Waals surface area contributed by atoms with E-state index in [1.807, 2.05) is 0 Å². The quantitative estimate of drug-likeness (QED) is 0.328. The van der Waals surface area contributed by atoms with Gasteiger partial charge in [-0.3, -0.25) is 10.1 Å². The fourth-order valence-electron chi connectivity index (χ4n) is 2.50. The highest BCUT2D eigenvalue weighted by molar-refractivity contribution is 7.91. The Morgan fingerprint density at radius 3 is 2.61 bits per heavy atom. The minimum atomic E-state index is -4.06. The number of hydrogen-bond donors (Lipinski definition) is 2. The number of carbonyl (C=O) groups excluding carboxylic acids is 1. The number of anilines is 1. The molecular weight excluding hydrogens is 535 g/mol. The normalized spacial score (nSPS) is 11.5. The predicted octanol–water partition coefficient (Wildman–Crippen LogP) is 4.28. The average Bonchev–Trinajstić information content (AvgIpc) is 3.42. The van der Waals surface area contributed by atoms with Crippen LogP contribution in [-0.2, 0) is 16.6 Å². The van der Waals surface area contributed by atoms with Gasteiger partial charge in [-0.05, 0) is 30.3 Å². The molecule has 0 aliphatic heterocycles. The van der Waals surface area contributed by atoms with Crippen LogP contribution in [0.2, 0.25) is 15.1 Å². The van der Waals surface area contributed by atoms with Gasteiger partial charge in [0.05, 0.1) is 17.1 Å². The summed E-state index contributed by atoms with van der Waals surface area (Å²) in [4.78, 5) is 16.5. The van der Waals surface area contributed by atoms with Gasteiger partial charge >= 0.3 is 0 Å². The molecule has 2 heterocycles. The molecule has 4 rings (SSSR count). The first-order valence-corrected chi connectivity index (χ1v) is 12.3. The zero-order chi connectivity index (χ0) is 23.6. The molecule has 0 fully saturated rings. The maximum Gasteiger partial charge on any atom is 0.270 e. The van der Waals surface area contributed by atoms with E-state index in [4.69, 9.17) is 39.3 Å². The maximum absolute atomic E-state index is 12.5. The molecule has 0 atom stereocenters. The number of aromatic nitrogens is 4. The van der Waals surface area contributed by atoms with Crippen molar-refractivity contribution in [1.82, 2.24) is 25.1 Å². The van der Waals surface area contributed by atoms with Crippen LogP contribution in [0.3, 0.4) is 0 Å². The Hall–Kier alpha value is -2.61. The molecular formula is C18H11Cl3N6O4S2. The summed E-state index contributed by atoms with van der Waals surface area (Å²) in [6.45, 7) is -0.280. The SMILES string of the molecule is O=C(Nc1nnc(S(=O)(=O)NCc2nc(-c3cccc(Cl)c3)no2)s1)c1ccc(Cl)cc1Cl. The van der Waals surface area contributed by atoms with E-state index in [-0.39, 0.29) is 38.3 Å². The van der Waals surface area contributed by atoms with E-state index >= 15 is 0 Å². The van der Waals surface area contributed by atoms with Gasteiger partial charge in [-0.15, -0.1) is 10.2 Å². The maximum atomic E-state index is 12.5. The van der Waals surface area contributed by atoms with Crippen molar-refractivity contribution in [2.24, 2.45) is 0 Å². The number of rotatable bonds is 7. The first-order chi connectivity index (χ1) is 15.7. The van der Waals surface area contributed by atoms with E-state index in [0.29, 0.717) is 26.9 Å².